The number of carbonyl (C=O) groups excluding carboxylic acids is 2. The number of carbonyl (C=O) groups is 2. The van der Waals surface area contributed by atoms with E-state index in [4.69, 9.17) is 9.15 Å². The van der Waals surface area contributed by atoms with Crippen molar-refractivity contribution in [3.8, 4) is 5.75 Å². The highest BCUT2D eigenvalue weighted by atomic mass is 19.4. The number of rotatable bonds is 4. The number of hydrogen-bond donors (Lipinski definition) is 1. The SMILES string of the molecule is Cc1ccc(C(=O)Oc2ccccc2C(F)(F)F)cc1NC(=O)c1ccco1. The Morgan fingerprint density at radius 3 is 2.46 bits per heavy atom. The van der Waals surface area contributed by atoms with Gasteiger partial charge >= 0.3 is 12.1 Å². The summed E-state index contributed by atoms with van der Waals surface area (Å²) in [5.74, 6) is -2.03. The summed E-state index contributed by atoms with van der Waals surface area (Å²) in [6, 6.07) is 11.7. The normalized spacial score (nSPS) is 11.1. The second-order valence-corrected chi connectivity index (χ2v) is 5.84. The number of furan rings is 1. The number of anilines is 1. The van der Waals surface area contributed by atoms with Crippen molar-refractivity contribution in [3.05, 3.63) is 83.3 Å². The average Bonchev–Trinajstić information content (AvgIpc) is 3.18. The van der Waals surface area contributed by atoms with Crippen molar-refractivity contribution in [1.29, 1.82) is 0 Å². The number of alkyl halides is 3. The maximum absolute atomic E-state index is 13.0. The molecule has 1 aromatic heterocycles. The van der Waals surface area contributed by atoms with Crippen LogP contribution in [-0.4, -0.2) is 11.9 Å². The lowest BCUT2D eigenvalue weighted by Crippen LogP contribution is -2.15. The molecule has 0 aliphatic carbocycles. The van der Waals surface area contributed by atoms with Crippen LogP contribution in [0.5, 0.6) is 5.75 Å². The lowest BCUT2D eigenvalue weighted by Gasteiger charge is -2.13. The van der Waals surface area contributed by atoms with Crippen molar-refractivity contribution >= 4 is 17.6 Å². The third-order valence-electron chi connectivity index (χ3n) is 3.86. The summed E-state index contributed by atoms with van der Waals surface area (Å²) in [5, 5.41) is 2.59. The minimum absolute atomic E-state index is 0.0164. The molecule has 1 heterocycles. The number of aryl methyl sites for hydroxylation is 1. The van der Waals surface area contributed by atoms with Crippen LogP contribution < -0.4 is 10.1 Å². The van der Waals surface area contributed by atoms with E-state index in [1.54, 1.807) is 19.1 Å². The van der Waals surface area contributed by atoms with Crippen LogP contribution in [0.1, 0.15) is 32.0 Å². The number of esters is 1. The molecule has 0 saturated heterocycles. The fourth-order valence-corrected chi connectivity index (χ4v) is 2.42. The first-order valence-corrected chi connectivity index (χ1v) is 8.09. The van der Waals surface area contributed by atoms with Crippen molar-refractivity contribution in [3.63, 3.8) is 0 Å². The molecule has 2 aromatic carbocycles. The van der Waals surface area contributed by atoms with Crippen LogP contribution in [0.2, 0.25) is 0 Å². The third-order valence-corrected chi connectivity index (χ3v) is 3.86. The zero-order chi connectivity index (χ0) is 20.3. The molecule has 0 atom stereocenters. The number of nitrogens with one attached hydrogen (secondary N) is 1. The van der Waals surface area contributed by atoms with Crippen molar-refractivity contribution in [2.24, 2.45) is 0 Å². The highest BCUT2D eigenvalue weighted by molar-refractivity contribution is 6.03. The van der Waals surface area contributed by atoms with Crippen LogP contribution in [0.3, 0.4) is 0 Å². The fraction of sp³-hybridized carbons (Fsp3) is 0.100. The van der Waals surface area contributed by atoms with E-state index in [0.717, 1.165) is 12.1 Å². The van der Waals surface area contributed by atoms with E-state index in [1.165, 1.54) is 36.6 Å². The van der Waals surface area contributed by atoms with Gasteiger partial charge in [0, 0.05) is 5.69 Å². The summed E-state index contributed by atoms with van der Waals surface area (Å²) in [6.45, 7) is 1.70. The molecule has 0 spiro atoms. The van der Waals surface area contributed by atoms with Crippen LogP contribution in [0.15, 0.2) is 65.3 Å². The predicted octanol–water partition coefficient (Wildman–Crippen LogP) is 5.08. The van der Waals surface area contributed by atoms with Gasteiger partial charge in [-0.2, -0.15) is 13.2 Å². The zero-order valence-electron chi connectivity index (χ0n) is 14.5. The number of halogens is 3. The lowest BCUT2D eigenvalue weighted by molar-refractivity contribution is -0.138. The molecule has 0 aliphatic heterocycles. The molecule has 3 aromatic rings. The molecule has 5 nitrogen and oxygen atoms in total. The maximum Gasteiger partial charge on any atom is 0.419 e. The van der Waals surface area contributed by atoms with Crippen LogP contribution in [0.4, 0.5) is 18.9 Å². The molecular formula is C20H14F3NO4. The fourth-order valence-electron chi connectivity index (χ4n) is 2.42. The van der Waals surface area contributed by atoms with Crippen molar-refractivity contribution in [1.82, 2.24) is 0 Å². The third kappa shape index (κ3) is 4.22. The lowest BCUT2D eigenvalue weighted by atomic mass is 10.1. The van der Waals surface area contributed by atoms with E-state index >= 15 is 0 Å². The Hall–Kier alpha value is -3.55. The van der Waals surface area contributed by atoms with E-state index in [2.05, 4.69) is 5.32 Å². The average molecular weight is 389 g/mol. The number of ether oxygens (including phenoxy) is 1. The number of benzene rings is 2. The molecule has 144 valence electrons. The predicted molar refractivity (Wildman–Crippen MR) is 94.2 cm³/mol. The number of amides is 1. The number of hydrogen-bond acceptors (Lipinski definition) is 4. The van der Waals surface area contributed by atoms with Gasteiger partial charge in [0.25, 0.3) is 5.91 Å². The summed E-state index contributed by atoms with van der Waals surface area (Å²) >= 11 is 0. The molecule has 0 unspecified atom stereocenters. The summed E-state index contributed by atoms with van der Waals surface area (Å²) < 4.78 is 49.1. The van der Waals surface area contributed by atoms with E-state index in [0.29, 0.717) is 11.3 Å². The Morgan fingerprint density at radius 2 is 1.79 bits per heavy atom. The summed E-state index contributed by atoms with van der Waals surface area (Å²) in [5.41, 5.74) is -0.119. The molecule has 0 bridgehead atoms. The zero-order valence-corrected chi connectivity index (χ0v) is 14.5. The summed E-state index contributed by atoms with van der Waals surface area (Å²) in [7, 11) is 0. The Labute approximate surface area is 157 Å². The topological polar surface area (TPSA) is 68.5 Å². The van der Waals surface area contributed by atoms with Gasteiger partial charge in [0.05, 0.1) is 17.4 Å². The minimum Gasteiger partial charge on any atom is -0.459 e. The highest BCUT2D eigenvalue weighted by Gasteiger charge is 2.34. The second kappa shape index (κ2) is 7.59. The molecule has 0 radical (unpaired) electrons. The molecule has 1 N–H and O–H groups in total. The van der Waals surface area contributed by atoms with Crippen LogP contribution in [-0.2, 0) is 6.18 Å². The van der Waals surface area contributed by atoms with Gasteiger partial charge in [0.15, 0.2) is 5.76 Å². The Balaban J connectivity index is 1.83. The first-order valence-electron chi connectivity index (χ1n) is 8.09. The van der Waals surface area contributed by atoms with Gasteiger partial charge in [-0.15, -0.1) is 0 Å². The van der Waals surface area contributed by atoms with Crippen molar-refractivity contribution in [2.75, 3.05) is 5.32 Å². The summed E-state index contributed by atoms with van der Waals surface area (Å²) in [4.78, 5) is 24.5. The molecule has 3 rings (SSSR count). The largest absolute Gasteiger partial charge is 0.459 e. The molecule has 0 saturated carbocycles. The van der Waals surface area contributed by atoms with Crippen molar-refractivity contribution < 1.29 is 31.9 Å². The van der Waals surface area contributed by atoms with E-state index in [9.17, 15) is 22.8 Å². The van der Waals surface area contributed by atoms with Gasteiger partial charge in [-0.1, -0.05) is 18.2 Å². The number of para-hydroxylation sites is 1. The monoisotopic (exact) mass is 389 g/mol. The van der Waals surface area contributed by atoms with E-state index < -0.39 is 29.4 Å². The standard InChI is InChI=1S/C20H14F3NO4/c1-12-8-9-13(11-15(12)24-18(25)17-7-4-10-27-17)19(26)28-16-6-3-2-5-14(16)20(21,22)23/h2-11H,1H3,(H,24,25). The second-order valence-electron chi connectivity index (χ2n) is 5.84. The Kier molecular flexibility index (Phi) is 5.21. The van der Waals surface area contributed by atoms with E-state index in [1.807, 2.05) is 0 Å². The molecule has 1 amide bonds. The minimum atomic E-state index is -4.66. The van der Waals surface area contributed by atoms with Crippen LogP contribution in [0, 0.1) is 6.92 Å². The van der Waals surface area contributed by atoms with Gasteiger partial charge in [0.1, 0.15) is 5.75 Å². The van der Waals surface area contributed by atoms with Gasteiger partial charge in [-0.05, 0) is 48.9 Å². The molecule has 0 aliphatic rings. The summed E-state index contributed by atoms with van der Waals surface area (Å²) in [6.07, 6.45) is -3.32. The molecule has 28 heavy (non-hydrogen) atoms. The Morgan fingerprint density at radius 1 is 1.04 bits per heavy atom. The quantitative estimate of drug-likeness (QED) is 0.499. The van der Waals surface area contributed by atoms with Gasteiger partial charge < -0.3 is 14.5 Å². The molecule has 8 heteroatoms. The van der Waals surface area contributed by atoms with Gasteiger partial charge in [-0.25, -0.2) is 4.79 Å². The molecule has 0 fully saturated rings. The Bertz CT molecular complexity index is 1010. The van der Waals surface area contributed by atoms with Gasteiger partial charge in [0.2, 0.25) is 0 Å². The molecular weight excluding hydrogens is 375 g/mol. The maximum atomic E-state index is 13.0. The van der Waals surface area contributed by atoms with E-state index in [-0.39, 0.29) is 11.3 Å². The van der Waals surface area contributed by atoms with Crippen molar-refractivity contribution in [2.45, 2.75) is 13.1 Å². The first-order chi connectivity index (χ1) is 13.3. The smallest absolute Gasteiger partial charge is 0.419 e. The van der Waals surface area contributed by atoms with Crippen LogP contribution >= 0.6 is 0 Å². The first kappa shape index (κ1) is 19.2. The highest BCUT2D eigenvalue weighted by Crippen LogP contribution is 2.36. The van der Waals surface area contributed by atoms with Crippen LogP contribution in [0.25, 0.3) is 0 Å². The van der Waals surface area contributed by atoms with Gasteiger partial charge in [-0.3, -0.25) is 4.79 Å².